The molecule has 1 atom stereocenters. The predicted molar refractivity (Wildman–Crippen MR) is 151 cm³/mol. The third kappa shape index (κ3) is 7.58. The Morgan fingerprint density at radius 3 is 2.03 bits per heavy atom. The van der Waals surface area contributed by atoms with Gasteiger partial charge in [0.2, 0.25) is 11.8 Å². The molecule has 3 aromatic rings. The summed E-state index contributed by atoms with van der Waals surface area (Å²) in [6, 6.07) is 22.8. The maximum Gasteiger partial charge on any atom is 0.264 e. The molecule has 3 rings (SSSR count). The molecular weight excluding hydrogens is 522 g/mol. The molecule has 0 saturated carbocycles. The maximum atomic E-state index is 13.9. The van der Waals surface area contributed by atoms with Gasteiger partial charge in [-0.05, 0) is 54.3 Å². The molecule has 0 fully saturated rings. The zero-order valence-electron chi connectivity index (χ0n) is 21.9. The van der Waals surface area contributed by atoms with Crippen molar-refractivity contribution in [2.75, 3.05) is 17.4 Å². The summed E-state index contributed by atoms with van der Waals surface area (Å²) < 4.78 is 28.6. The normalized spacial score (nSPS) is 12.1. The first-order valence-electron chi connectivity index (χ1n) is 12.6. The molecule has 0 aliphatic heterocycles. The highest BCUT2D eigenvalue weighted by atomic mass is 35.5. The molecule has 1 N–H and O–H groups in total. The van der Waals surface area contributed by atoms with Crippen molar-refractivity contribution in [3.05, 3.63) is 95.5 Å². The number of hydrogen-bond donors (Lipinski definition) is 1. The first-order valence-corrected chi connectivity index (χ1v) is 14.4. The number of nitrogens with one attached hydrogen (secondary N) is 1. The fourth-order valence-corrected chi connectivity index (χ4v) is 5.52. The SMILES string of the molecule is CC[C@H](C(=O)NCC(C)C)N(Cc1ccccc1)C(=O)CN(c1ccccc1)S(=O)(=O)c1ccc(Cl)cc1. The summed E-state index contributed by atoms with van der Waals surface area (Å²) in [5, 5.41) is 3.32. The van der Waals surface area contributed by atoms with Gasteiger partial charge in [0, 0.05) is 18.1 Å². The van der Waals surface area contributed by atoms with Gasteiger partial charge in [-0.25, -0.2) is 8.42 Å². The molecule has 0 aromatic heterocycles. The van der Waals surface area contributed by atoms with E-state index in [4.69, 9.17) is 11.6 Å². The van der Waals surface area contributed by atoms with E-state index in [9.17, 15) is 18.0 Å². The van der Waals surface area contributed by atoms with Gasteiger partial charge >= 0.3 is 0 Å². The fourth-order valence-electron chi connectivity index (χ4n) is 3.98. The van der Waals surface area contributed by atoms with Gasteiger partial charge in [-0.2, -0.15) is 0 Å². The van der Waals surface area contributed by atoms with E-state index in [1.54, 1.807) is 30.3 Å². The molecule has 0 unspecified atom stereocenters. The van der Waals surface area contributed by atoms with Crippen molar-refractivity contribution in [3.8, 4) is 0 Å². The summed E-state index contributed by atoms with van der Waals surface area (Å²) in [6.45, 7) is 5.99. The summed E-state index contributed by atoms with van der Waals surface area (Å²) in [7, 11) is -4.12. The van der Waals surface area contributed by atoms with Crippen LogP contribution in [0.3, 0.4) is 0 Å². The molecule has 7 nitrogen and oxygen atoms in total. The van der Waals surface area contributed by atoms with Gasteiger partial charge in [0.15, 0.2) is 0 Å². The molecule has 38 heavy (non-hydrogen) atoms. The second-order valence-electron chi connectivity index (χ2n) is 9.37. The number of benzene rings is 3. The number of nitrogens with zero attached hydrogens (tertiary/aromatic N) is 2. The average Bonchev–Trinajstić information content (AvgIpc) is 2.91. The minimum atomic E-state index is -4.12. The quantitative estimate of drug-likeness (QED) is 0.336. The fraction of sp³-hybridized carbons (Fsp3) is 0.310. The van der Waals surface area contributed by atoms with Crippen LogP contribution in [0.2, 0.25) is 5.02 Å². The summed E-state index contributed by atoms with van der Waals surface area (Å²) in [6.07, 6.45) is 0.373. The van der Waals surface area contributed by atoms with Crippen molar-refractivity contribution < 1.29 is 18.0 Å². The number of halogens is 1. The number of hydrogen-bond acceptors (Lipinski definition) is 4. The van der Waals surface area contributed by atoms with Crippen LogP contribution in [0.5, 0.6) is 0 Å². The smallest absolute Gasteiger partial charge is 0.264 e. The number of sulfonamides is 1. The van der Waals surface area contributed by atoms with Crippen molar-refractivity contribution in [2.45, 2.75) is 44.7 Å². The number of anilines is 1. The Hall–Kier alpha value is -3.36. The van der Waals surface area contributed by atoms with Gasteiger partial charge < -0.3 is 10.2 Å². The first kappa shape index (κ1) is 29.2. The van der Waals surface area contributed by atoms with Crippen LogP contribution in [-0.4, -0.2) is 44.3 Å². The van der Waals surface area contributed by atoms with E-state index in [1.807, 2.05) is 51.1 Å². The molecule has 2 amide bonds. The van der Waals surface area contributed by atoms with Crippen molar-refractivity contribution >= 4 is 39.1 Å². The number of rotatable bonds is 12. The van der Waals surface area contributed by atoms with Crippen LogP contribution < -0.4 is 9.62 Å². The summed E-state index contributed by atoms with van der Waals surface area (Å²) in [5.74, 6) is -0.507. The van der Waals surface area contributed by atoms with Crippen molar-refractivity contribution in [1.82, 2.24) is 10.2 Å². The lowest BCUT2D eigenvalue weighted by molar-refractivity contribution is -0.140. The number of carbonyl (C=O) groups is 2. The first-order chi connectivity index (χ1) is 18.1. The Labute approximate surface area is 230 Å². The van der Waals surface area contributed by atoms with E-state index in [-0.39, 0.29) is 23.3 Å². The van der Waals surface area contributed by atoms with Crippen LogP contribution in [0.25, 0.3) is 0 Å². The Morgan fingerprint density at radius 1 is 0.895 bits per heavy atom. The molecule has 3 aromatic carbocycles. The summed E-state index contributed by atoms with van der Waals surface area (Å²) in [4.78, 5) is 28.6. The van der Waals surface area contributed by atoms with Crippen LogP contribution in [0.1, 0.15) is 32.8 Å². The molecule has 202 valence electrons. The highest BCUT2D eigenvalue weighted by Gasteiger charge is 2.33. The lowest BCUT2D eigenvalue weighted by atomic mass is 10.1. The standard InChI is InChI=1S/C29H34ClN3O4S/c1-4-27(29(35)31-19-22(2)3)32(20-23-11-7-5-8-12-23)28(34)21-33(25-13-9-6-10-14-25)38(36,37)26-17-15-24(30)16-18-26/h5-18,22,27H,4,19-21H2,1-3H3,(H,31,35)/t27-/m1/s1. The summed E-state index contributed by atoms with van der Waals surface area (Å²) >= 11 is 5.98. The molecule has 0 radical (unpaired) electrons. The van der Waals surface area contributed by atoms with Crippen molar-refractivity contribution in [2.24, 2.45) is 5.92 Å². The minimum Gasteiger partial charge on any atom is -0.354 e. The minimum absolute atomic E-state index is 0.00915. The number of para-hydroxylation sites is 1. The zero-order chi connectivity index (χ0) is 27.7. The van der Waals surface area contributed by atoms with Crippen LogP contribution >= 0.6 is 11.6 Å². The number of amides is 2. The molecular formula is C29H34ClN3O4S. The topological polar surface area (TPSA) is 86.8 Å². The van der Waals surface area contributed by atoms with E-state index >= 15 is 0 Å². The third-order valence-electron chi connectivity index (χ3n) is 5.99. The van der Waals surface area contributed by atoms with Gasteiger partial charge in [-0.15, -0.1) is 0 Å². The molecule has 0 spiro atoms. The van der Waals surface area contributed by atoms with E-state index in [2.05, 4.69) is 5.32 Å². The van der Waals surface area contributed by atoms with E-state index in [1.165, 1.54) is 29.2 Å². The second-order valence-corrected chi connectivity index (χ2v) is 11.7. The lowest BCUT2D eigenvalue weighted by Crippen LogP contribution is -2.52. The second kappa shape index (κ2) is 13.4. The van der Waals surface area contributed by atoms with E-state index in [0.717, 1.165) is 9.87 Å². The third-order valence-corrected chi connectivity index (χ3v) is 8.03. The molecule has 0 saturated heterocycles. The summed E-state index contributed by atoms with van der Waals surface area (Å²) in [5.41, 5.74) is 1.18. The van der Waals surface area contributed by atoms with E-state index in [0.29, 0.717) is 23.7 Å². The van der Waals surface area contributed by atoms with Crippen LogP contribution in [-0.2, 0) is 26.2 Å². The molecule has 0 aliphatic carbocycles. The van der Waals surface area contributed by atoms with Gasteiger partial charge in [-0.1, -0.05) is 80.9 Å². The van der Waals surface area contributed by atoms with Crippen LogP contribution in [0, 0.1) is 5.92 Å². The Morgan fingerprint density at radius 2 is 1.47 bits per heavy atom. The maximum absolute atomic E-state index is 13.9. The van der Waals surface area contributed by atoms with Crippen LogP contribution in [0.15, 0.2) is 89.8 Å². The molecule has 0 heterocycles. The molecule has 0 bridgehead atoms. The van der Waals surface area contributed by atoms with Gasteiger partial charge in [0.1, 0.15) is 12.6 Å². The molecule has 9 heteroatoms. The monoisotopic (exact) mass is 555 g/mol. The zero-order valence-corrected chi connectivity index (χ0v) is 23.5. The Kier molecular flexibility index (Phi) is 10.3. The van der Waals surface area contributed by atoms with Gasteiger partial charge in [-0.3, -0.25) is 13.9 Å². The molecule has 0 aliphatic rings. The predicted octanol–water partition coefficient (Wildman–Crippen LogP) is 5.11. The Balaban J connectivity index is 2.00. The van der Waals surface area contributed by atoms with Crippen LogP contribution in [0.4, 0.5) is 5.69 Å². The van der Waals surface area contributed by atoms with Gasteiger partial charge in [0.25, 0.3) is 10.0 Å². The lowest BCUT2D eigenvalue weighted by Gasteiger charge is -2.33. The van der Waals surface area contributed by atoms with Crippen molar-refractivity contribution in [1.29, 1.82) is 0 Å². The number of carbonyl (C=O) groups excluding carboxylic acids is 2. The highest BCUT2D eigenvalue weighted by Crippen LogP contribution is 2.25. The Bertz CT molecular complexity index is 1300. The average molecular weight is 556 g/mol. The van der Waals surface area contributed by atoms with Crippen molar-refractivity contribution in [3.63, 3.8) is 0 Å². The van der Waals surface area contributed by atoms with E-state index < -0.39 is 28.5 Å². The van der Waals surface area contributed by atoms with Gasteiger partial charge in [0.05, 0.1) is 10.6 Å². The largest absolute Gasteiger partial charge is 0.354 e. The highest BCUT2D eigenvalue weighted by molar-refractivity contribution is 7.92.